The molecule has 18 heavy (non-hydrogen) atoms. The summed E-state index contributed by atoms with van der Waals surface area (Å²) in [6.07, 6.45) is 1.54. The number of nitrogens with one attached hydrogen (secondary N) is 1. The number of benzene rings is 1. The van der Waals surface area contributed by atoms with Crippen molar-refractivity contribution in [3.63, 3.8) is 0 Å². The largest absolute Gasteiger partial charge is 0.373 e. The highest BCUT2D eigenvalue weighted by atomic mass is 19.2. The maximum absolute atomic E-state index is 13.7. The molecule has 1 aliphatic heterocycles. The Morgan fingerprint density at radius 2 is 1.94 bits per heavy atom. The Morgan fingerprint density at radius 1 is 1.22 bits per heavy atom. The number of hydrogen-bond donors (Lipinski definition) is 1. The zero-order chi connectivity index (χ0) is 13.3. The van der Waals surface area contributed by atoms with Gasteiger partial charge in [0, 0.05) is 5.56 Å². The SMILES string of the molecule is CNC(c1ccc(F)c(F)c1F)C1CCC(C)O1. The summed E-state index contributed by atoms with van der Waals surface area (Å²) in [5, 5.41) is 2.91. The van der Waals surface area contributed by atoms with Gasteiger partial charge in [0.1, 0.15) is 0 Å². The van der Waals surface area contributed by atoms with Crippen LogP contribution in [-0.2, 0) is 4.74 Å². The lowest BCUT2D eigenvalue weighted by atomic mass is 9.98. The number of ether oxygens (including phenoxy) is 1. The first kappa shape index (κ1) is 13.4. The van der Waals surface area contributed by atoms with Crippen molar-refractivity contribution in [1.82, 2.24) is 5.32 Å². The molecule has 0 spiro atoms. The second-order valence-electron chi connectivity index (χ2n) is 4.59. The van der Waals surface area contributed by atoms with Gasteiger partial charge in [0.05, 0.1) is 18.2 Å². The predicted octanol–water partition coefficient (Wildman–Crippen LogP) is 2.93. The van der Waals surface area contributed by atoms with Crippen molar-refractivity contribution in [3.05, 3.63) is 35.1 Å². The zero-order valence-corrected chi connectivity index (χ0v) is 10.3. The van der Waals surface area contributed by atoms with E-state index in [1.807, 2.05) is 6.92 Å². The van der Waals surface area contributed by atoms with Crippen LogP contribution in [0.2, 0.25) is 0 Å². The Kier molecular flexibility index (Phi) is 3.92. The Morgan fingerprint density at radius 3 is 2.50 bits per heavy atom. The number of likely N-dealkylation sites (N-methyl/N-ethyl adjacent to an activating group) is 1. The minimum Gasteiger partial charge on any atom is -0.373 e. The lowest BCUT2D eigenvalue weighted by molar-refractivity contribution is 0.0323. The summed E-state index contributed by atoms with van der Waals surface area (Å²) in [5.41, 5.74) is 0.107. The van der Waals surface area contributed by atoms with Crippen molar-refractivity contribution in [1.29, 1.82) is 0 Å². The normalized spacial score (nSPS) is 25.4. The van der Waals surface area contributed by atoms with Crippen LogP contribution in [0.4, 0.5) is 13.2 Å². The Balaban J connectivity index is 2.30. The third-order valence-electron chi connectivity index (χ3n) is 3.35. The number of hydrogen-bond acceptors (Lipinski definition) is 2. The van der Waals surface area contributed by atoms with Gasteiger partial charge in [-0.25, -0.2) is 13.2 Å². The molecule has 5 heteroatoms. The minimum atomic E-state index is -1.43. The maximum Gasteiger partial charge on any atom is 0.194 e. The fraction of sp³-hybridized carbons (Fsp3) is 0.538. The predicted molar refractivity (Wildman–Crippen MR) is 61.7 cm³/mol. The molecular weight excluding hydrogens is 243 g/mol. The standard InChI is InChI=1S/C13H16F3NO/c1-7-3-6-10(18-7)13(17-2)8-4-5-9(14)12(16)11(8)15/h4-5,7,10,13,17H,3,6H2,1-2H3. The van der Waals surface area contributed by atoms with Gasteiger partial charge in [-0.3, -0.25) is 0 Å². The van der Waals surface area contributed by atoms with Crippen molar-refractivity contribution < 1.29 is 17.9 Å². The number of rotatable bonds is 3. The molecule has 1 saturated heterocycles. The molecule has 0 saturated carbocycles. The topological polar surface area (TPSA) is 21.3 Å². The number of halogens is 3. The van der Waals surface area contributed by atoms with Gasteiger partial charge < -0.3 is 10.1 Å². The van der Waals surface area contributed by atoms with Gasteiger partial charge in [0.2, 0.25) is 0 Å². The van der Waals surface area contributed by atoms with Crippen molar-refractivity contribution in [2.45, 2.75) is 38.0 Å². The smallest absolute Gasteiger partial charge is 0.194 e. The first-order valence-corrected chi connectivity index (χ1v) is 6.00. The van der Waals surface area contributed by atoms with E-state index in [0.29, 0.717) is 0 Å². The van der Waals surface area contributed by atoms with Gasteiger partial charge in [-0.2, -0.15) is 0 Å². The summed E-state index contributed by atoms with van der Waals surface area (Å²) in [7, 11) is 1.65. The highest BCUT2D eigenvalue weighted by molar-refractivity contribution is 5.25. The van der Waals surface area contributed by atoms with Crippen LogP contribution in [0.3, 0.4) is 0 Å². The fourth-order valence-corrected chi connectivity index (χ4v) is 2.40. The van der Waals surface area contributed by atoms with Crippen LogP contribution in [0.25, 0.3) is 0 Å². The van der Waals surface area contributed by atoms with E-state index in [1.54, 1.807) is 7.05 Å². The lowest BCUT2D eigenvalue weighted by Gasteiger charge is -2.24. The van der Waals surface area contributed by atoms with Crippen molar-refractivity contribution in [3.8, 4) is 0 Å². The molecule has 0 radical (unpaired) electrons. The van der Waals surface area contributed by atoms with E-state index < -0.39 is 23.5 Å². The van der Waals surface area contributed by atoms with E-state index >= 15 is 0 Å². The van der Waals surface area contributed by atoms with E-state index in [1.165, 1.54) is 6.07 Å². The molecule has 2 nitrogen and oxygen atoms in total. The molecule has 1 N–H and O–H groups in total. The zero-order valence-electron chi connectivity index (χ0n) is 10.3. The van der Waals surface area contributed by atoms with Crippen LogP contribution in [0, 0.1) is 17.5 Å². The Labute approximate surface area is 104 Å². The first-order valence-electron chi connectivity index (χ1n) is 6.00. The molecule has 1 aromatic carbocycles. The minimum absolute atomic E-state index is 0.107. The summed E-state index contributed by atoms with van der Waals surface area (Å²) in [6.45, 7) is 1.94. The van der Waals surface area contributed by atoms with Crippen molar-refractivity contribution in [2.24, 2.45) is 0 Å². The van der Waals surface area contributed by atoms with Gasteiger partial charge in [0.15, 0.2) is 17.5 Å². The Bertz CT molecular complexity index is 438. The van der Waals surface area contributed by atoms with Gasteiger partial charge in [-0.1, -0.05) is 6.07 Å². The summed E-state index contributed by atoms with van der Waals surface area (Å²) in [6, 6.07) is 1.74. The molecule has 1 aliphatic rings. The summed E-state index contributed by atoms with van der Waals surface area (Å²) in [4.78, 5) is 0. The molecule has 3 atom stereocenters. The third kappa shape index (κ3) is 2.37. The molecule has 1 heterocycles. The molecule has 1 fully saturated rings. The van der Waals surface area contributed by atoms with Crippen LogP contribution < -0.4 is 5.32 Å². The Hall–Kier alpha value is -1.07. The molecule has 2 rings (SSSR count). The molecule has 0 amide bonds. The first-order chi connectivity index (χ1) is 8.54. The van der Waals surface area contributed by atoms with Gasteiger partial charge >= 0.3 is 0 Å². The summed E-state index contributed by atoms with van der Waals surface area (Å²) < 4.78 is 45.5. The van der Waals surface area contributed by atoms with E-state index in [0.717, 1.165) is 18.9 Å². The van der Waals surface area contributed by atoms with Crippen LogP contribution in [-0.4, -0.2) is 19.3 Å². The second kappa shape index (κ2) is 5.28. The summed E-state index contributed by atoms with van der Waals surface area (Å²) in [5.74, 6) is -3.75. The molecule has 0 aromatic heterocycles. The molecule has 0 bridgehead atoms. The van der Waals surface area contributed by atoms with E-state index in [4.69, 9.17) is 4.74 Å². The van der Waals surface area contributed by atoms with Crippen molar-refractivity contribution in [2.75, 3.05) is 7.05 Å². The van der Waals surface area contributed by atoms with Gasteiger partial charge in [0.25, 0.3) is 0 Å². The molecule has 3 unspecified atom stereocenters. The fourth-order valence-electron chi connectivity index (χ4n) is 2.40. The monoisotopic (exact) mass is 259 g/mol. The van der Waals surface area contributed by atoms with Gasteiger partial charge in [-0.05, 0) is 32.9 Å². The van der Waals surface area contributed by atoms with E-state index in [-0.39, 0.29) is 17.8 Å². The molecule has 100 valence electrons. The lowest BCUT2D eigenvalue weighted by Crippen LogP contribution is -2.30. The van der Waals surface area contributed by atoms with E-state index in [9.17, 15) is 13.2 Å². The highest BCUT2D eigenvalue weighted by Crippen LogP contribution is 2.32. The van der Waals surface area contributed by atoms with Crippen LogP contribution >= 0.6 is 0 Å². The quantitative estimate of drug-likeness (QED) is 0.843. The van der Waals surface area contributed by atoms with Crippen molar-refractivity contribution >= 4 is 0 Å². The highest BCUT2D eigenvalue weighted by Gasteiger charge is 2.32. The van der Waals surface area contributed by atoms with E-state index in [2.05, 4.69) is 5.32 Å². The van der Waals surface area contributed by atoms with Crippen LogP contribution in [0.15, 0.2) is 12.1 Å². The maximum atomic E-state index is 13.7. The average molecular weight is 259 g/mol. The second-order valence-corrected chi connectivity index (χ2v) is 4.59. The van der Waals surface area contributed by atoms with Gasteiger partial charge in [-0.15, -0.1) is 0 Å². The molecular formula is C13H16F3NO. The van der Waals surface area contributed by atoms with Crippen LogP contribution in [0.5, 0.6) is 0 Å². The average Bonchev–Trinajstić information content (AvgIpc) is 2.77. The van der Waals surface area contributed by atoms with Crippen LogP contribution in [0.1, 0.15) is 31.4 Å². The summed E-state index contributed by atoms with van der Waals surface area (Å²) >= 11 is 0. The third-order valence-corrected chi connectivity index (χ3v) is 3.35. The molecule has 0 aliphatic carbocycles. The molecule has 1 aromatic rings.